The molecule has 32 heavy (non-hydrogen) atoms. The van der Waals surface area contributed by atoms with Crippen LogP contribution in [0.4, 0.5) is 5.69 Å². The van der Waals surface area contributed by atoms with Crippen LogP contribution in [0.5, 0.6) is 5.75 Å². The number of nitrogens with zero attached hydrogens (tertiary/aromatic N) is 4. The molecule has 8 nitrogen and oxygen atoms in total. The molecule has 0 aliphatic carbocycles. The van der Waals surface area contributed by atoms with Gasteiger partial charge in [0.2, 0.25) is 0 Å². The van der Waals surface area contributed by atoms with E-state index in [-0.39, 0.29) is 5.75 Å². The van der Waals surface area contributed by atoms with Crippen molar-refractivity contribution in [3.05, 3.63) is 36.4 Å². The Kier molecular flexibility index (Phi) is 4.76. The topological polar surface area (TPSA) is 84.9 Å². The van der Waals surface area contributed by atoms with Crippen molar-refractivity contribution in [3.63, 3.8) is 0 Å². The number of anilines is 1. The normalized spacial score (nSPS) is 22.1. The SMILES string of the molecule is CN1CC2(C1)CN(c1ccc3nc(-c4cc(S(=O)N5CCOCC5)ccc4O)[nH]c3c1)C2. The molecule has 1 aromatic heterocycles. The van der Waals surface area contributed by atoms with Gasteiger partial charge in [-0.25, -0.2) is 13.5 Å². The Hall–Kier alpha value is -2.46. The summed E-state index contributed by atoms with van der Waals surface area (Å²) >= 11 is 0. The lowest BCUT2D eigenvalue weighted by molar-refractivity contribution is -0.00237. The standard InChI is InChI=1S/C23H27N5O3S/c1-26-12-23(13-26)14-27(15-23)16-2-4-19-20(10-16)25-22(24-19)18-11-17(3-5-21(18)29)32(30)28-6-8-31-9-7-28/h2-5,10-11,29H,6-9,12-15H2,1H3,(H,24,25). The Bertz CT molecular complexity index is 1190. The first-order chi connectivity index (χ1) is 15.5. The van der Waals surface area contributed by atoms with Crippen molar-refractivity contribution < 1.29 is 14.1 Å². The zero-order valence-electron chi connectivity index (χ0n) is 18.1. The van der Waals surface area contributed by atoms with E-state index in [4.69, 9.17) is 9.72 Å². The first-order valence-electron chi connectivity index (χ1n) is 11.0. The van der Waals surface area contributed by atoms with Crippen LogP contribution in [0.15, 0.2) is 41.3 Å². The maximum absolute atomic E-state index is 13.0. The van der Waals surface area contributed by atoms with Gasteiger partial charge in [-0.1, -0.05) is 0 Å². The summed E-state index contributed by atoms with van der Waals surface area (Å²) in [5.41, 5.74) is 4.01. The van der Waals surface area contributed by atoms with Gasteiger partial charge in [0, 0.05) is 50.4 Å². The number of rotatable bonds is 4. The summed E-state index contributed by atoms with van der Waals surface area (Å²) in [5, 5.41) is 10.5. The van der Waals surface area contributed by atoms with Gasteiger partial charge < -0.3 is 24.6 Å². The van der Waals surface area contributed by atoms with Crippen LogP contribution < -0.4 is 4.90 Å². The van der Waals surface area contributed by atoms with Crippen LogP contribution >= 0.6 is 0 Å². The molecule has 3 aliphatic heterocycles. The first kappa shape index (κ1) is 20.2. The van der Waals surface area contributed by atoms with Crippen LogP contribution in [0.2, 0.25) is 0 Å². The summed E-state index contributed by atoms with van der Waals surface area (Å²) < 4.78 is 20.2. The largest absolute Gasteiger partial charge is 0.507 e. The van der Waals surface area contributed by atoms with Crippen molar-refractivity contribution in [1.82, 2.24) is 19.2 Å². The van der Waals surface area contributed by atoms with Crippen LogP contribution in [0.25, 0.3) is 22.4 Å². The summed E-state index contributed by atoms with van der Waals surface area (Å²) in [6.45, 7) is 6.98. The molecule has 1 unspecified atom stereocenters. The predicted octanol–water partition coefficient (Wildman–Crippen LogP) is 2.04. The van der Waals surface area contributed by atoms with Crippen molar-refractivity contribution in [2.24, 2.45) is 5.41 Å². The second-order valence-corrected chi connectivity index (χ2v) is 10.8. The number of benzene rings is 2. The summed E-state index contributed by atoms with van der Waals surface area (Å²) in [4.78, 5) is 13.5. The number of hydrogen-bond donors (Lipinski definition) is 2. The van der Waals surface area contributed by atoms with E-state index in [9.17, 15) is 9.32 Å². The smallest absolute Gasteiger partial charge is 0.142 e. The molecule has 3 aliphatic rings. The molecular formula is C23H27N5O3S. The number of H-pyrrole nitrogens is 1. The Morgan fingerprint density at radius 2 is 1.88 bits per heavy atom. The second kappa shape index (κ2) is 7.55. The number of imidazole rings is 1. The highest BCUT2D eigenvalue weighted by atomic mass is 32.2. The van der Waals surface area contributed by atoms with Crippen molar-refractivity contribution in [1.29, 1.82) is 0 Å². The average Bonchev–Trinajstić information content (AvgIpc) is 3.18. The third-order valence-electron chi connectivity index (χ3n) is 6.72. The van der Waals surface area contributed by atoms with Crippen molar-refractivity contribution >= 4 is 27.7 Å². The molecule has 0 radical (unpaired) electrons. The van der Waals surface area contributed by atoms with Gasteiger partial charge in [0.15, 0.2) is 0 Å². The molecule has 2 aromatic carbocycles. The number of aromatic amines is 1. The van der Waals surface area contributed by atoms with E-state index in [1.807, 2.05) is 10.4 Å². The van der Waals surface area contributed by atoms with Crippen molar-refractivity contribution in [2.45, 2.75) is 4.90 Å². The molecule has 6 rings (SSSR count). The Morgan fingerprint density at radius 1 is 1.09 bits per heavy atom. The number of phenolic OH excluding ortho intramolecular Hbond substituents is 1. The number of nitrogens with one attached hydrogen (secondary N) is 1. The van der Waals surface area contributed by atoms with Crippen LogP contribution in [0.3, 0.4) is 0 Å². The maximum atomic E-state index is 13.0. The van der Waals surface area contributed by atoms with Gasteiger partial charge in [-0.15, -0.1) is 0 Å². The van der Waals surface area contributed by atoms with Crippen LogP contribution in [0, 0.1) is 5.41 Å². The summed E-state index contributed by atoms with van der Waals surface area (Å²) in [5.74, 6) is 0.696. The van der Waals surface area contributed by atoms with E-state index in [1.54, 1.807) is 18.2 Å². The Balaban J connectivity index is 1.26. The van der Waals surface area contributed by atoms with Crippen molar-refractivity contribution in [2.75, 3.05) is 64.4 Å². The van der Waals surface area contributed by atoms with E-state index in [2.05, 4.69) is 34.0 Å². The molecule has 0 saturated carbocycles. The van der Waals surface area contributed by atoms with Gasteiger partial charge in [0.25, 0.3) is 0 Å². The lowest BCUT2D eigenvalue weighted by atomic mass is 9.73. The lowest BCUT2D eigenvalue weighted by Crippen LogP contribution is -2.71. The highest BCUT2D eigenvalue weighted by Crippen LogP contribution is 2.41. The monoisotopic (exact) mass is 453 g/mol. The summed E-state index contributed by atoms with van der Waals surface area (Å²) in [6.07, 6.45) is 0. The van der Waals surface area contributed by atoms with Crippen LogP contribution in [0.1, 0.15) is 0 Å². The number of aromatic hydroxyl groups is 1. The molecule has 3 saturated heterocycles. The fraction of sp³-hybridized carbons (Fsp3) is 0.435. The lowest BCUT2D eigenvalue weighted by Gasteiger charge is -2.60. The number of phenols is 1. The molecule has 4 heterocycles. The number of hydrogen-bond acceptors (Lipinski definition) is 6. The van der Waals surface area contributed by atoms with E-state index >= 15 is 0 Å². The maximum Gasteiger partial charge on any atom is 0.142 e. The molecule has 0 bridgehead atoms. The van der Waals surface area contributed by atoms with Gasteiger partial charge in [-0.2, -0.15) is 0 Å². The molecule has 3 fully saturated rings. The molecule has 0 amide bonds. The van der Waals surface area contributed by atoms with Gasteiger partial charge in [0.1, 0.15) is 22.6 Å². The van der Waals surface area contributed by atoms with Gasteiger partial charge in [-0.05, 0) is 43.4 Å². The molecule has 168 valence electrons. The molecule has 9 heteroatoms. The number of ether oxygens (including phenoxy) is 1. The number of fused-ring (bicyclic) bond motifs is 1. The minimum atomic E-state index is -1.30. The minimum absolute atomic E-state index is 0.116. The van der Waals surface area contributed by atoms with E-state index in [0.29, 0.717) is 48.0 Å². The molecular weight excluding hydrogens is 426 g/mol. The van der Waals surface area contributed by atoms with Crippen LogP contribution in [-0.2, 0) is 15.7 Å². The van der Waals surface area contributed by atoms with E-state index in [1.165, 1.54) is 18.8 Å². The molecule has 2 N–H and O–H groups in total. The molecule has 3 aromatic rings. The third kappa shape index (κ3) is 3.40. The zero-order valence-corrected chi connectivity index (χ0v) is 18.9. The minimum Gasteiger partial charge on any atom is -0.507 e. The summed E-state index contributed by atoms with van der Waals surface area (Å²) in [6, 6.07) is 11.3. The van der Waals surface area contributed by atoms with Crippen molar-refractivity contribution in [3.8, 4) is 17.1 Å². The molecule has 1 spiro atoms. The second-order valence-electron chi connectivity index (χ2n) is 9.28. The number of aromatic nitrogens is 2. The highest BCUT2D eigenvalue weighted by molar-refractivity contribution is 7.82. The van der Waals surface area contributed by atoms with Crippen LogP contribution in [-0.4, -0.2) is 88.0 Å². The third-order valence-corrected chi connectivity index (χ3v) is 8.21. The van der Waals surface area contributed by atoms with E-state index < -0.39 is 11.0 Å². The Labute approximate surface area is 189 Å². The average molecular weight is 454 g/mol. The van der Waals surface area contributed by atoms with Gasteiger partial charge in [-0.3, -0.25) is 0 Å². The highest BCUT2D eigenvalue weighted by Gasteiger charge is 2.50. The van der Waals surface area contributed by atoms with E-state index in [0.717, 1.165) is 24.1 Å². The quantitative estimate of drug-likeness (QED) is 0.629. The number of morpholine rings is 1. The fourth-order valence-electron chi connectivity index (χ4n) is 5.24. The summed E-state index contributed by atoms with van der Waals surface area (Å²) in [7, 11) is 0.875. The fourth-order valence-corrected chi connectivity index (χ4v) is 6.42. The zero-order chi connectivity index (χ0) is 21.9. The number of likely N-dealkylation sites (tertiary alicyclic amines) is 1. The first-order valence-corrected chi connectivity index (χ1v) is 12.1. The predicted molar refractivity (Wildman–Crippen MR) is 124 cm³/mol. The van der Waals surface area contributed by atoms with Gasteiger partial charge >= 0.3 is 0 Å². The van der Waals surface area contributed by atoms with Gasteiger partial charge in [0.05, 0.1) is 34.7 Å². The Morgan fingerprint density at radius 3 is 2.62 bits per heavy atom. The molecule has 1 atom stereocenters.